The molecule has 0 spiro atoms. The van der Waals surface area contributed by atoms with E-state index >= 15 is 0 Å². The molecule has 2 aromatic carbocycles. The predicted molar refractivity (Wildman–Crippen MR) is 93.6 cm³/mol. The van der Waals surface area contributed by atoms with Crippen molar-refractivity contribution < 1.29 is 14.0 Å². The van der Waals surface area contributed by atoms with Crippen LogP contribution in [0.25, 0.3) is 0 Å². The van der Waals surface area contributed by atoms with Crippen molar-refractivity contribution in [3.8, 4) is 0 Å². The van der Waals surface area contributed by atoms with Gasteiger partial charge in [-0.3, -0.25) is 4.79 Å². The highest BCUT2D eigenvalue weighted by Gasteiger charge is 2.32. The summed E-state index contributed by atoms with van der Waals surface area (Å²) in [6.07, 6.45) is 0. The lowest BCUT2D eigenvalue weighted by Gasteiger charge is -2.29. The fourth-order valence-electron chi connectivity index (χ4n) is 2.69. The Bertz CT molecular complexity index is 882. The average molecular weight is 360 g/mol. The largest absolute Gasteiger partial charge is 0.327 e. The van der Waals surface area contributed by atoms with Gasteiger partial charge >= 0.3 is 6.03 Å². The van der Waals surface area contributed by atoms with Crippen molar-refractivity contribution in [3.05, 3.63) is 76.2 Å². The molecule has 1 heterocycles. The number of amides is 3. The van der Waals surface area contributed by atoms with Gasteiger partial charge in [0.15, 0.2) is 0 Å². The number of halogens is 2. The zero-order chi connectivity index (χ0) is 18.0. The van der Waals surface area contributed by atoms with Gasteiger partial charge in [0.2, 0.25) is 0 Å². The summed E-state index contributed by atoms with van der Waals surface area (Å²) in [7, 11) is 0. The molecule has 0 fully saturated rings. The van der Waals surface area contributed by atoms with Gasteiger partial charge in [-0.2, -0.15) is 0 Å². The lowest BCUT2D eigenvalue weighted by atomic mass is 9.94. The van der Waals surface area contributed by atoms with Crippen LogP contribution in [0.4, 0.5) is 14.9 Å². The van der Waals surface area contributed by atoms with Gasteiger partial charge in [-0.15, -0.1) is 0 Å². The van der Waals surface area contributed by atoms with E-state index in [1.165, 1.54) is 18.2 Å². The van der Waals surface area contributed by atoms with Crippen molar-refractivity contribution in [2.45, 2.75) is 13.0 Å². The molecular weight excluding hydrogens is 345 g/mol. The lowest BCUT2D eigenvalue weighted by Crippen LogP contribution is -2.46. The molecule has 5 nitrogen and oxygen atoms in total. The summed E-state index contributed by atoms with van der Waals surface area (Å²) in [6, 6.07) is 11.6. The van der Waals surface area contributed by atoms with Crippen molar-refractivity contribution in [1.29, 1.82) is 0 Å². The van der Waals surface area contributed by atoms with Crippen LogP contribution in [0.15, 0.2) is 59.8 Å². The van der Waals surface area contributed by atoms with Gasteiger partial charge in [-0.05, 0) is 30.7 Å². The van der Waals surface area contributed by atoms with Crippen LogP contribution in [0.2, 0.25) is 5.02 Å². The number of benzene rings is 2. The third-order valence-corrected chi connectivity index (χ3v) is 4.20. The third kappa shape index (κ3) is 3.49. The number of hydrogen-bond acceptors (Lipinski definition) is 2. The number of para-hydroxylation sites is 1. The maximum Gasteiger partial charge on any atom is 0.319 e. The number of urea groups is 1. The van der Waals surface area contributed by atoms with E-state index in [1.807, 2.05) is 0 Å². The Hall–Kier alpha value is -2.86. The Labute approximate surface area is 148 Å². The summed E-state index contributed by atoms with van der Waals surface area (Å²) in [5.74, 6) is -1.07. The van der Waals surface area contributed by atoms with E-state index < -0.39 is 23.8 Å². The highest BCUT2D eigenvalue weighted by molar-refractivity contribution is 6.31. The molecule has 7 heteroatoms. The number of anilines is 1. The van der Waals surface area contributed by atoms with Gasteiger partial charge in [0.05, 0.1) is 17.3 Å². The first-order valence-electron chi connectivity index (χ1n) is 7.56. The van der Waals surface area contributed by atoms with Crippen molar-refractivity contribution in [1.82, 2.24) is 10.6 Å². The minimum Gasteiger partial charge on any atom is -0.327 e. The number of carbonyl (C=O) groups is 2. The van der Waals surface area contributed by atoms with E-state index in [0.717, 1.165) is 0 Å². The van der Waals surface area contributed by atoms with Crippen molar-refractivity contribution in [2.24, 2.45) is 0 Å². The molecule has 128 valence electrons. The molecule has 1 unspecified atom stereocenters. The van der Waals surface area contributed by atoms with Crippen LogP contribution >= 0.6 is 11.6 Å². The maximum absolute atomic E-state index is 13.8. The summed E-state index contributed by atoms with van der Waals surface area (Å²) >= 11 is 6.22. The molecule has 0 aromatic heterocycles. The fraction of sp³-hybridized carbons (Fsp3) is 0.111. The predicted octanol–water partition coefficient (Wildman–Crippen LogP) is 3.75. The standard InChI is InChI=1S/C18H15ClFN3O2/c1-10-15(17(24)22-14-9-5-4-8-13(14)20)16(23-18(25)21-10)11-6-2-3-7-12(11)19/h2-9,16H,1H3,(H,22,24)(H2,21,23,25). The first-order chi connectivity index (χ1) is 12.0. The zero-order valence-corrected chi connectivity index (χ0v) is 14.0. The van der Waals surface area contributed by atoms with Crippen LogP contribution in [0.5, 0.6) is 0 Å². The highest BCUT2D eigenvalue weighted by atomic mass is 35.5. The van der Waals surface area contributed by atoms with E-state index in [9.17, 15) is 14.0 Å². The quantitative estimate of drug-likeness (QED) is 0.781. The molecule has 1 aliphatic rings. The number of allylic oxidation sites excluding steroid dienone is 1. The van der Waals surface area contributed by atoms with Crippen LogP contribution < -0.4 is 16.0 Å². The molecule has 3 N–H and O–H groups in total. The Balaban J connectivity index is 1.99. The second-order valence-electron chi connectivity index (χ2n) is 5.53. The molecule has 0 saturated carbocycles. The Morgan fingerprint density at radius 2 is 1.84 bits per heavy atom. The van der Waals surface area contributed by atoms with Gasteiger partial charge in [-0.25, -0.2) is 9.18 Å². The molecule has 3 rings (SSSR count). The third-order valence-electron chi connectivity index (χ3n) is 3.85. The van der Waals surface area contributed by atoms with E-state index in [-0.39, 0.29) is 11.3 Å². The maximum atomic E-state index is 13.8. The van der Waals surface area contributed by atoms with Gasteiger partial charge in [0, 0.05) is 10.7 Å². The minimum atomic E-state index is -0.741. The number of carbonyl (C=O) groups excluding carboxylic acids is 2. The van der Waals surface area contributed by atoms with Gasteiger partial charge in [-0.1, -0.05) is 41.9 Å². The van der Waals surface area contributed by atoms with Crippen molar-refractivity contribution in [2.75, 3.05) is 5.32 Å². The number of hydrogen-bond donors (Lipinski definition) is 3. The van der Waals surface area contributed by atoms with Crippen LogP contribution in [0.3, 0.4) is 0 Å². The van der Waals surface area contributed by atoms with E-state index in [2.05, 4.69) is 16.0 Å². The highest BCUT2D eigenvalue weighted by Crippen LogP contribution is 2.32. The molecule has 0 aliphatic carbocycles. The first-order valence-corrected chi connectivity index (χ1v) is 7.93. The van der Waals surface area contributed by atoms with Crippen LogP contribution in [-0.2, 0) is 4.79 Å². The molecule has 25 heavy (non-hydrogen) atoms. The topological polar surface area (TPSA) is 70.2 Å². The second-order valence-corrected chi connectivity index (χ2v) is 5.93. The fourth-order valence-corrected chi connectivity index (χ4v) is 2.93. The van der Waals surface area contributed by atoms with Crippen LogP contribution in [0.1, 0.15) is 18.5 Å². The number of nitrogens with one attached hydrogen (secondary N) is 3. The van der Waals surface area contributed by atoms with E-state index in [0.29, 0.717) is 16.3 Å². The van der Waals surface area contributed by atoms with Crippen LogP contribution in [-0.4, -0.2) is 11.9 Å². The summed E-state index contributed by atoms with van der Waals surface area (Å²) in [6.45, 7) is 1.61. The second kappa shape index (κ2) is 6.94. The Kier molecular flexibility index (Phi) is 4.72. The smallest absolute Gasteiger partial charge is 0.319 e. The lowest BCUT2D eigenvalue weighted by molar-refractivity contribution is -0.113. The molecular formula is C18H15ClFN3O2. The summed E-state index contributed by atoms with van der Waals surface area (Å²) in [5, 5.41) is 8.20. The molecule has 0 bridgehead atoms. The monoisotopic (exact) mass is 359 g/mol. The van der Waals surface area contributed by atoms with Gasteiger partial charge in [0.1, 0.15) is 5.82 Å². The molecule has 2 aromatic rings. The van der Waals surface area contributed by atoms with Crippen LogP contribution in [0, 0.1) is 5.82 Å². The average Bonchev–Trinajstić information content (AvgIpc) is 2.56. The molecule has 1 atom stereocenters. The number of rotatable bonds is 3. The van der Waals surface area contributed by atoms with Gasteiger partial charge in [0.25, 0.3) is 5.91 Å². The van der Waals surface area contributed by atoms with E-state index in [1.54, 1.807) is 37.3 Å². The summed E-state index contributed by atoms with van der Waals surface area (Å²) in [4.78, 5) is 24.6. The first kappa shape index (κ1) is 17.0. The van der Waals surface area contributed by atoms with Crippen molar-refractivity contribution in [3.63, 3.8) is 0 Å². The Morgan fingerprint density at radius 1 is 1.16 bits per heavy atom. The SMILES string of the molecule is CC1=C(C(=O)Nc2ccccc2F)C(c2ccccc2Cl)NC(=O)N1. The minimum absolute atomic E-state index is 0.0580. The molecule has 0 saturated heterocycles. The van der Waals surface area contributed by atoms with E-state index in [4.69, 9.17) is 11.6 Å². The molecule has 0 radical (unpaired) electrons. The zero-order valence-electron chi connectivity index (χ0n) is 13.3. The summed E-state index contributed by atoms with van der Waals surface area (Å²) < 4.78 is 13.8. The molecule has 3 amide bonds. The summed E-state index contributed by atoms with van der Waals surface area (Å²) in [5.41, 5.74) is 1.28. The molecule has 1 aliphatic heterocycles. The van der Waals surface area contributed by atoms with Gasteiger partial charge < -0.3 is 16.0 Å². The Morgan fingerprint density at radius 3 is 2.56 bits per heavy atom. The van der Waals surface area contributed by atoms with Crippen molar-refractivity contribution >= 4 is 29.2 Å². The normalized spacial score (nSPS) is 16.9.